The van der Waals surface area contributed by atoms with Crippen LogP contribution in [-0.4, -0.2) is 73.5 Å². The summed E-state index contributed by atoms with van der Waals surface area (Å²) in [5.74, 6) is 0.169. The molecule has 2 aliphatic rings. The molecule has 7 nitrogen and oxygen atoms in total. The van der Waals surface area contributed by atoms with Gasteiger partial charge in [-0.05, 0) is 18.4 Å². The van der Waals surface area contributed by atoms with Crippen LogP contribution in [0.25, 0.3) is 0 Å². The molecule has 7 heteroatoms. The number of amides is 3. The van der Waals surface area contributed by atoms with Gasteiger partial charge in [-0.3, -0.25) is 14.4 Å². The molecule has 3 rings (SSSR count). The Balaban J connectivity index is 1.33. The summed E-state index contributed by atoms with van der Waals surface area (Å²) in [6.07, 6.45) is 2.04. The largest absolute Gasteiger partial charge is 0.378 e. The van der Waals surface area contributed by atoms with Gasteiger partial charge < -0.3 is 19.9 Å². The first-order valence-electron chi connectivity index (χ1n) is 10.1. The van der Waals surface area contributed by atoms with E-state index in [2.05, 4.69) is 5.32 Å². The van der Waals surface area contributed by atoms with E-state index in [1.54, 1.807) is 0 Å². The number of nitrogens with one attached hydrogen (secondary N) is 1. The Hall–Kier alpha value is -2.41. The fraction of sp³-hybridized carbons (Fsp3) is 0.571. The zero-order valence-corrected chi connectivity index (χ0v) is 16.3. The molecule has 2 fully saturated rings. The highest BCUT2D eigenvalue weighted by molar-refractivity contribution is 5.81. The van der Waals surface area contributed by atoms with Crippen LogP contribution in [0.2, 0.25) is 0 Å². The molecule has 0 bridgehead atoms. The number of carbonyl (C=O) groups excluding carboxylic acids is 3. The van der Waals surface area contributed by atoms with E-state index >= 15 is 0 Å². The van der Waals surface area contributed by atoms with Crippen molar-refractivity contribution in [3.63, 3.8) is 0 Å². The molecule has 1 aromatic rings. The van der Waals surface area contributed by atoms with E-state index < -0.39 is 0 Å². The molecule has 2 heterocycles. The Bertz CT molecular complexity index is 665. The van der Waals surface area contributed by atoms with Gasteiger partial charge in [-0.15, -0.1) is 0 Å². The molecule has 0 spiro atoms. The number of piperidine rings is 1. The van der Waals surface area contributed by atoms with E-state index in [-0.39, 0.29) is 23.6 Å². The number of hydrogen-bond acceptors (Lipinski definition) is 4. The SMILES string of the molecule is O=C(Cc1ccccc1)NCCC(=O)N1CCC(C(=O)N2CCOCC2)CC1. The Morgan fingerprint density at radius 3 is 2.32 bits per heavy atom. The third-order valence-corrected chi connectivity index (χ3v) is 5.39. The second-order valence-corrected chi connectivity index (χ2v) is 7.36. The monoisotopic (exact) mass is 387 g/mol. The van der Waals surface area contributed by atoms with Crippen molar-refractivity contribution in [1.82, 2.24) is 15.1 Å². The number of benzene rings is 1. The smallest absolute Gasteiger partial charge is 0.225 e. The molecule has 152 valence electrons. The third-order valence-electron chi connectivity index (χ3n) is 5.39. The number of rotatable bonds is 6. The highest BCUT2D eigenvalue weighted by Gasteiger charge is 2.30. The molecule has 0 aliphatic carbocycles. The van der Waals surface area contributed by atoms with Crippen molar-refractivity contribution >= 4 is 17.7 Å². The Labute approximate surface area is 166 Å². The summed E-state index contributed by atoms with van der Waals surface area (Å²) in [4.78, 5) is 40.6. The minimum Gasteiger partial charge on any atom is -0.378 e. The molecule has 0 atom stereocenters. The first-order chi connectivity index (χ1) is 13.6. The van der Waals surface area contributed by atoms with Gasteiger partial charge >= 0.3 is 0 Å². The standard InChI is InChI=1S/C21H29N3O4/c25-19(16-17-4-2-1-3-5-17)22-9-6-20(26)23-10-7-18(8-11-23)21(27)24-12-14-28-15-13-24/h1-5,18H,6-16H2,(H,22,25). The number of likely N-dealkylation sites (tertiary alicyclic amines) is 1. The average Bonchev–Trinajstić information content (AvgIpc) is 2.74. The minimum atomic E-state index is -0.0752. The fourth-order valence-corrected chi connectivity index (χ4v) is 3.73. The zero-order chi connectivity index (χ0) is 19.8. The van der Waals surface area contributed by atoms with E-state index in [1.165, 1.54) is 0 Å². The van der Waals surface area contributed by atoms with Crippen molar-refractivity contribution in [3.05, 3.63) is 35.9 Å². The molecule has 2 saturated heterocycles. The minimum absolute atomic E-state index is 0.00715. The van der Waals surface area contributed by atoms with Crippen LogP contribution in [0.1, 0.15) is 24.8 Å². The summed E-state index contributed by atoms with van der Waals surface area (Å²) in [6.45, 7) is 4.12. The average molecular weight is 387 g/mol. The van der Waals surface area contributed by atoms with Gasteiger partial charge in [0.1, 0.15) is 0 Å². The van der Waals surface area contributed by atoms with Gasteiger partial charge in [0.15, 0.2) is 0 Å². The first-order valence-corrected chi connectivity index (χ1v) is 10.1. The third kappa shape index (κ3) is 5.79. The van der Waals surface area contributed by atoms with Crippen molar-refractivity contribution in [2.45, 2.75) is 25.7 Å². The van der Waals surface area contributed by atoms with Crippen LogP contribution in [0.4, 0.5) is 0 Å². The maximum Gasteiger partial charge on any atom is 0.225 e. The van der Waals surface area contributed by atoms with E-state index in [1.807, 2.05) is 40.1 Å². The normalized spacial score (nSPS) is 18.0. The number of hydrogen-bond donors (Lipinski definition) is 1. The van der Waals surface area contributed by atoms with E-state index in [0.717, 1.165) is 5.56 Å². The summed E-state index contributed by atoms with van der Waals surface area (Å²) in [5.41, 5.74) is 0.957. The van der Waals surface area contributed by atoms with Gasteiger partial charge in [-0.1, -0.05) is 30.3 Å². The van der Waals surface area contributed by atoms with Crippen LogP contribution in [0.5, 0.6) is 0 Å². The summed E-state index contributed by atoms with van der Waals surface area (Å²) >= 11 is 0. The molecule has 28 heavy (non-hydrogen) atoms. The topological polar surface area (TPSA) is 79.0 Å². The molecule has 0 unspecified atom stereocenters. The predicted octanol–water partition coefficient (Wildman–Crippen LogP) is 0.833. The number of carbonyl (C=O) groups is 3. The summed E-state index contributed by atoms with van der Waals surface area (Å²) < 4.78 is 5.30. The zero-order valence-electron chi connectivity index (χ0n) is 16.3. The molecular weight excluding hydrogens is 358 g/mol. The van der Waals surface area contributed by atoms with Crippen LogP contribution in [0.3, 0.4) is 0 Å². The van der Waals surface area contributed by atoms with Gasteiger partial charge in [0.2, 0.25) is 17.7 Å². The lowest BCUT2D eigenvalue weighted by Gasteiger charge is -2.35. The quantitative estimate of drug-likeness (QED) is 0.784. The van der Waals surface area contributed by atoms with Crippen molar-refractivity contribution in [2.75, 3.05) is 45.9 Å². The molecule has 0 saturated carbocycles. The van der Waals surface area contributed by atoms with Crippen molar-refractivity contribution in [1.29, 1.82) is 0 Å². The van der Waals surface area contributed by atoms with Gasteiger partial charge in [0.05, 0.1) is 19.6 Å². The molecule has 3 amide bonds. The van der Waals surface area contributed by atoms with Crippen LogP contribution >= 0.6 is 0 Å². The maximum absolute atomic E-state index is 12.5. The molecule has 1 N–H and O–H groups in total. The lowest BCUT2D eigenvalue weighted by molar-refractivity contribution is -0.143. The number of ether oxygens (including phenoxy) is 1. The molecule has 1 aromatic carbocycles. The van der Waals surface area contributed by atoms with Gasteiger partial charge in [-0.2, -0.15) is 0 Å². The fourth-order valence-electron chi connectivity index (χ4n) is 3.73. The molecule has 0 aromatic heterocycles. The van der Waals surface area contributed by atoms with E-state index in [0.29, 0.717) is 71.6 Å². The van der Waals surface area contributed by atoms with E-state index in [4.69, 9.17) is 4.74 Å². The first kappa shape index (κ1) is 20.3. The van der Waals surface area contributed by atoms with Crippen LogP contribution in [-0.2, 0) is 25.5 Å². The van der Waals surface area contributed by atoms with Crippen molar-refractivity contribution in [2.24, 2.45) is 5.92 Å². The Kier molecular flexibility index (Phi) is 7.42. The van der Waals surface area contributed by atoms with Crippen LogP contribution in [0, 0.1) is 5.92 Å². The number of nitrogens with zero attached hydrogens (tertiary/aromatic N) is 2. The van der Waals surface area contributed by atoms with Crippen LogP contribution in [0.15, 0.2) is 30.3 Å². The van der Waals surface area contributed by atoms with Gasteiger partial charge in [0, 0.05) is 45.1 Å². The highest BCUT2D eigenvalue weighted by Crippen LogP contribution is 2.20. The molecular formula is C21H29N3O4. The van der Waals surface area contributed by atoms with E-state index in [9.17, 15) is 14.4 Å². The molecule has 0 radical (unpaired) electrons. The van der Waals surface area contributed by atoms with Gasteiger partial charge in [-0.25, -0.2) is 0 Å². The Morgan fingerprint density at radius 1 is 0.964 bits per heavy atom. The molecule has 2 aliphatic heterocycles. The second kappa shape index (κ2) is 10.2. The summed E-state index contributed by atoms with van der Waals surface area (Å²) in [6, 6.07) is 9.54. The second-order valence-electron chi connectivity index (χ2n) is 7.36. The Morgan fingerprint density at radius 2 is 1.64 bits per heavy atom. The highest BCUT2D eigenvalue weighted by atomic mass is 16.5. The summed E-state index contributed by atoms with van der Waals surface area (Å²) in [7, 11) is 0. The van der Waals surface area contributed by atoms with Crippen LogP contribution < -0.4 is 5.32 Å². The lowest BCUT2D eigenvalue weighted by Crippen LogP contribution is -2.47. The predicted molar refractivity (Wildman–Crippen MR) is 104 cm³/mol. The summed E-state index contributed by atoms with van der Waals surface area (Å²) in [5, 5.41) is 2.81. The van der Waals surface area contributed by atoms with Crippen molar-refractivity contribution < 1.29 is 19.1 Å². The number of morpholine rings is 1. The maximum atomic E-state index is 12.5. The van der Waals surface area contributed by atoms with Gasteiger partial charge in [0.25, 0.3) is 0 Å². The van der Waals surface area contributed by atoms with Crippen molar-refractivity contribution in [3.8, 4) is 0 Å². The lowest BCUT2D eigenvalue weighted by atomic mass is 9.95.